The van der Waals surface area contributed by atoms with Crippen LogP contribution in [0.15, 0.2) is 12.2 Å². The predicted molar refractivity (Wildman–Crippen MR) is 52.4 cm³/mol. The molecule has 0 aromatic carbocycles. The van der Waals surface area contributed by atoms with Crippen LogP contribution >= 0.6 is 0 Å². The Morgan fingerprint density at radius 2 is 1.17 bits per heavy atom. The van der Waals surface area contributed by atoms with E-state index in [1.165, 1.54) is 12.8 Å². The van der Waals surface area contributed by atoms with Gasteiger partial charge in [-0.15, -0.1) is 11.8 Å². The Kier molecular flexibility index (Phi) is 4.90. The van der Waals surface area contributed by atoms with Crippen LogP contribution in [0.3, 0.4) is 0 Å². The van der Waals surface area contributed by atoms with E-state index in [4.69, 9.17) is 0 Å². The average Bonchev–Trinajstić information content (AvgIpc) is 2.05. The molecule has 0 aromatic rings. The summed E-state index contributed by atoms with van der Waals surface area (Å²) in [6.07, 6.45) is 10.5. The quantitative estimate of drug-likeness (QED) is 0.375. The SMILES string of the molecule is C1#CCCCCC#CC/C=C/C1. The molecular weight excluding hydrogens is 144 g/mol. The number of hydrogen-bond donors (Lipinski definition) is 0. The van der Waals surface area contributed by atoms with Gasteiger partial charge in [0.25, 0.3) is 0 Å². The highest BCUT2D eigenvalue weighted by Crippen LogP contribution is 1.98. The van der Waals surface area contributed by atoms with Crippen molar-refractivity contribution >= 4 is 0 Å². The van der Waals surface area contributed by atoms with Crippen molar-refractivity contribution < 1.29 is 0 Å². The fraction of sp³-hybridized carbons (Fsp3) is 0.500. The first-order chi connectivity index (χ1) is 6.00. The predicted octanol–water partition coefficient (Wildman–Crippen LogP) is 2.90. The van der Waals surface area contributed by atoms with Gasteiger partial charge in [0.05, 0.1) is 0 Å². The fourth-order valence-electron chi connectivity index (χ4n) is 1.03. The lowest BCUT2D eigenvalue weighted by atomic mass is 10.2. The van der Waals surface area contributed by atoms with Gasteiger partial charge in [-0.2, -0.15) is 0 Å². The molecule has 1 aliphatic carbocycles. The highest BCUT2D eigenvalue weighted by Gasteiger charge is 1.83. The summed E-state index contributed by atoms with van der Waals surface area (Å²) in [5.74, 6) is 12.5. The van der Waals surface area contributed by atoms with E-state index in [2.05, 4.69) is 35.8 Å². The molecule has 0 saturated heterocycles. The van der Waals surface area contributed by atoms with E-state index in [0.717, 1.165) is 25.7 Å². The highest BCUT2D eigenvalue weighted by molar-refractivity contribution is 5.09. The van der Waals surface area contributed by atoms with Crippen molar-refractivity contribution in [2.45, 2.75) is 38.5 Å². The molecule has 1 rings (SSSR count). The molecule has 0 aliphatic heterocycles. The van der Waals surface area contributed by atoms with E-state index in [1.807, 2.05) is 0 Å². The smallest absolute Gasteiger partial charge is 0.0270 e. The van der Waals surface area contributed by atoms with Gasteiger partial charge in [-0.3, -0.25) is 0 Å². The first-order valence-electron chi connectivity index (χ1n) is 4.56. The standard InChI is InChI=1S/C12H14/c1-2-4-6-8-10-12-11-9-7-5-3-1/h1-2H,3-4,9-12H2/b2-1+. The van der Waals surface area contributed by atoms with E-state index in [1.54, 1.807) is 0 Å². The number of rotatable bonds is 0. The summed E-state index contributed by atoms with van der Waals surface area (Å²) in [6.45, 7) is 0. The van der Waals surface area contributed by atoms with Gasteiger partial charge in [0.15, 0.2) is 0 Å². The Bertz CT molecular complexity index is 221. The summed E-state index contributed by atoms with van der Waals surface area (Å²) >= 11 is 0. The summed E-state index contributed by atoms with van der Waals surface area (Å²) in [5, 5.41) is 0. The Hall–Kier alpha value is -1.14. The second-order valence-corrected chi connectivity index (χ2v) is 2.79. The molecule has 0 nitrogen and oxygen atoms in total. The zero-order valence-corrected chi connectivity index (χ0v) is 7.40. The summed E-state index contributed by atoms with van der Waals surface area (Å²) < 4.78 is 0. The fourth-order valence-corrected chi connectivity index (χ4v) is 1.03. The molecule has 0 fully saturated rings. The molecule has 62 valence electrons. The molecule has 0 bridgehead atoms. The average molecular weight is 158 g/mol. The minimum Gasteiger partial charge on any atom is -0.103 e. The topological polar surface area (TPSA) is 0 Å². The largest absolute Gasteiger partial charge is 0.103 e. The third-order valence-corrected chi connectivity index (χ3v) is 1.71. The van der Waals surface area contributed by atoms with Gasteiger partial charge in [-0.1, -0.05) is 24.0 Å². The van der Waals surface area contributed by atoms with Crippen LogP contribution in [0, 0.1) is 23.7 Å². The summed E-state index contributed by atoms with van der Waals surface area (Å²) in [5.41, 5.74) is 0. The van der Waals surface area contributed by atoms with E-state index >= 15 is 0 Å². The molecule has 0 radical (unpaired) electrons. The van der Waals surface area contributed by atoms with Crippen LogP contribution in [-0.4, -0.2) is 0 Å². The van der Waals surface area contributed by atoms with Crippen LogP contribution in [0.2, 0.25) is 0 Å². The van der Waals surface area contributed by atoms with E-state index in [-0.39, 0.29) is 0 Å². The highest BCUT2D eigenvalue weighted by atomic mass is 13.9. The maximum atomic E-state index is 3.15. The van der Waals surface area contributed by atoms with Crippen molar-refractivity contribution in [3.63, 3.8) is 0 Å². The summed E-state index contributed by atoms with van der Waals surface area (Å²) in [6, 6.07) is 0. The molecule has 0 N–H and O–H groups in total. The van der Waals surface area contributed by atoms with Gasteiger partial charge in [-0.25, -0.2) is 0 Å². The summed E-state index contributed by atoms with van der Waals surface area (Å²) in [4.78, 5) is 0. The van der Waals surface area contributed by atoms with E-state index in [0.29, 0.717) is 0 Å². The van der Waals surface area contributed by atoms with Gasteiger partial charge < -0.3 is 0 Å². The van der Waals surface area contributed by atoms with Gasteiger partial charge >= 0.3 is 0 Å². The number of allylic oxidation sites excluding steroid dienone is 2. The molecule has 1 aliphatic rings. The van der Waals surface area contributed by atoms with Crippen molar-refractivity contribution in [2.24, 2.45) is 0 Å². The van der Waals surface area contributed by atoms with Crippen molar-refractivity contribution in [3.8, 4) is 23.7 Å². The maximum Gasteiger partial charge on any atom is 0.0270 e. The van der Waals surface area contributed by atoms with Crippen molar-refractivity contribution in [1.29, 1.82) is 0 Å². The van der Waals surface area contributed by atoms with Gasteiger partial charge in [0.1, 0.15) is 0 Å². The van der Waals surface area contributed by atoms with Crippen molar-refractivity contribution in [1.82, 2.24) is 0 Å². The first-order valence-corrected chi connectivity index (χ1v) is 4.56. The van der Waals surface area contributed by atoms with Gasteiger partial charge in [-0.05, 0) is 12.8 Å². The third-order valence-electron chi connectivity index (χ3n) is 1.71. The normalized spacial score (nSPS) is 20.0. The van der Waals surface area contributed by atoms with Gasteiger partial charge in [0.2, 0.25) is 0 Å². The first kappa shape index (κ1) is 8.95. The molecule has 12 heavy (non-hydrogen) atoms. The van der Waals surface area contributed by atoms with Crippen molar-refractivity contribution in [2.75, 3.05) is 0 Å². The second kappa shape index (κ2) is 6.56. The molecule has 0 unspecified atom stereocenters. The molecule has 0 spiro atoms. The Morgan fingerprint density at radius 3 is 1.67 bits per heavy atom. The lowest BCUT2D eigenvalue weighted by Gasteiger charge is -1.89. The second-order valence-electron chi connectivity index (χ2n) is 2.79. The Morgan fingerprint density at radius 1 is 0.667 bits per heavy atom. The van der Waals surface area contributed by atoms with E-state index < -0.39 is 0 Å². The Labute approximate surface area is 75.1 Å². The molecular formula is C12H14. The lowest BCUT2D eigenvalue weighted by molar-refractivity contribution is 0.782. The minimum absolute atomic E-state index is 0.891. The van der Waals surface area contributed by atoms with E-state index in [9.17, 15) is 0 Å². The van der Waals surface area contributed by atoms with Crippen LogP contribution in [-0.2, 0) is 0 Å². The van der Waals surface area contributed by atoms with Crippen LogP contribution in [0.25, 0.3) is 0 Å². The van der Waals surface area contributed by atoms with Crippen LogP contribution in [0.4, 0.5) is 0 Å². The van der Waals surface area contributed by atoms with Crippen LogP contribution < -0.4 is 0 Å². The van der Waals surface area contributed by atoms with Crippen LogP contribution in [0.1, 0.15) is 38.5 Å². The molecule has 0 saturated carbocycles. The zero-order chi connectivity index (χ0) is 8.49. The monoisotopic (exact) mass is 158 g/mol. The molecule has 0 atom stereocenters. The maximum absolute atomic E-state index is 3.15. The lowest BCUT2D eigenvalue weighted by Crippen LogP contribution is -1.74. The molecule has 0 heterocycles. The molecule has 0 amide bonds. The minimum atomic E-state index is 0.891. The molecule has 0 aromatic heterocycles. The van der Waals surface area contributed by atoms with Crippen LogP contribution in [0.5, 0.6) is 0 Å². The number of hydrogen-bond acceptors (Lipinski definition) is 0. The molecule has 0 heteroatoms. The Balaban J connectivity index is 2.38. The summed E-state index contributed by atoms with van der Waals surface area (Å²) in [7, 11) is 0. The zero-order valence-electron chi connectivity index (χ0n) is 7.40. The van der Waals surface area contributed by atoms with Crippen molar-refractivity contribution in [3.05, 3.63) is 12.2 Å². The van der Waals surface area contributed by atoms with Gasteiger partial charge in [0, 0.05) is 25.7 Å². The third kappa shape index (κ3) is 4.64.